The summed E-state index contributed by atoms with van der Waals surface area (Å²) in [4.78, 5) is 2.63. The lowest BCUT2D eigenvalue weighted by Gasteiger charge is -2.25. The Morgan fingerprint density at radius 1 is 1.12 bits per heavy atom. The van der Waals surface area contributed by atoms with Crippen molar-refractivity contribution in [2.45, 2.75) is 51.2 Å². The van der Waals surface area contributed by atoms with E-state index in [1.54, 1.807) is 0 Å². The normalized spacial score (nSPS) is 29.1. The average Bonchev–Trinajstić information content (AvgIpc) is 3.00. The molecule has 0 spiro atoms. The first kappa shape index (κ1) is 13.3. The molecular formula is C14H28N2O. The second-order valence-corrected chi connectivity index (χ2v) is 5.72. The van der Waals surface area contributed by atoms with Crippen molar-refractivity contribution in [3.05, 3.63) is 0 Å². The SMILES string of the molecule is CCCN(CC1CC1)CC1CCC(CNC)O1. The molecule has 3 nitrogen and oxygen atoms in total. The van der Waals surface area contributed by atoms with Crippen LogP contribution in [0.15, 0.2) is 0 Å². The van der Waals surface area contributed by atoms with Crippen molar-refractivity contribution in [3.63, 3.8) is 0 Å². The fourth-order valence-electron chi connectivity index (χ4n) is 2.82. The smallest absolute Gasteiger partial charge is 0.0707 e. The largest absolute Gasteiger partial charge is 0.372 e. The minimum Gasteiger partial charge on any atom is -0.372 e. The van der Waals surface area contributed by atoms with Gasteiger partial charge in [-0.25, -0.2) is 0 Å². The summed E-state index contributed by atoms with van der Waals surface area (Å²) in [5.41, 5.74) is 0. The van der Waals surface area contributed by atoms with Gasteiger partial charge in [0.15, 0.2) is 0 Å². The lowest BCUT2D eigenvalue weighted by Crippen LogP contribution is -2.35. The minimum absolute atomic E-state index is 0.453. The zero-order valence-electron chi connectivity index (χ0n) is 11.5. The molecule has 2 fully saturated rings. The molecule has 0 radical (unpaired) electrons. The number of hydrogen-bond donors (Lipinski definition) is 1. The van der Waals surface area contributed by atoms with Crippen molar-refractivity contribution < 1.29 is 4.74 Å². The van der Waals surface area contributed by atoms with Crippen molar-refractivity contribution in [2.75, 3.05) is 33.2 Å². The van der Waals surface area contributed by atoms with E-state index >= 15 is 0 Å². The van der Waals surface area contributed by atoms with Crippen LogP contribution in [0.4, 0.5) is 0 Å². The maximum atomic E-state index is 6.08. The van der Waals surface area contributed by atoms with Gasteiger partial charge in [-0.05, 0) is 51.6 Å². The molecular weight excluding hydrogens is 212 g/mol. The summed E-state index contributed by atoms with van der Waals surface area (Å²) in [5, 5.41) is 3.21. The van der Waals surface area contributed by atoms with E-state index in [1.165, 1.54) is 45.2 Å². The number of likely N-dealkylation sites (N-methyl/N-ethyl adjacent to an activating group) is 1. The Kier molecular flexibility index (Phi) is 5.26. The van der Waals surface area contributed by atoms with Crippen molar-refractivity contribution in [2.24, 2.45) is 5.92 Å². The predicted octanol–water partition coefficient (Wildman–Crippen LogP) is 1.88. The number of hydrogen-bond acceptors (Lipinski definition) is 3. The van der Waals surface area contributed by atoms with Crippen LogP contribution in [0.3, 0.4) is 0 Å². The van der Waals surface area contributed by atoms with E-state index in [0.29, 0.717) is 12.2 Å². The summed E-state index contributed by atoms with van der Waals surface area (Å²) in [6.45, 7) is 6.99. The lowest BCUT2D eigenvalue weighted by atomic mass is 10.2. The first-order valence-electron chi connectivity index (χ1n) is 7.34. The van der Waals surface area contributed by atoms with Crippen molar-refractivity contribution in [1.29, 1.82) is 0 Å². The van der Waals surface area contributed by atoms with Crippen LogP contribution in [0.25, 0.3) is 0 Å². The van der Waals surface area contributed by atoms with E-state index < -0.39 is 0 Å². The fourth-order valence-corrected chi connectivity index (χ4v) is 2.82. The molecule has 2 rings (SSSR count). The summed E-state index contributed by atoms with van der Waals surface area (Å²) < 4.78 is 6.08. The molecule has 2 atom stereocenters. The van der Waals surface area contributed by atoms with E-state index in [-0.39, 0.29) is 0 Å². The maximum Gasteiger partial charge on any atom is 0.0707 e. The molecule has 2 aliphatic rings. The van der Waals surface area contributed by atoms with E-state index in [1.807, 2.05) is 7.05 Å². The minimum atomic E-state index is 0.453. The van der Waals surface area contributed by atoms with Gasteiger partial charge in [-0.3, -0.25) is 0 Å². The third-order valence-electron chi connectivity index (χ3n) is 3.84. The van der Waals surface area contributed by atoms with Crippen LogP contribution in [-0.4, -0.2) is 50.3 Å². The molecule has 1 N–H and O–H groups in total. The molecule has 0 amide bonds. The third-order valence-corrected chi connectivity index (χ3v) is 3.84. The molecule has 1 saturated carbocycles. The quantitative estimate of drug-likeness (QED) is 0.701. The number of nitrogens with one attached hydrogen (secondary N) is 1. The van der Waals surface area contributed by atoms with Gasteiger partial charge in [0, 0.05) is 19.6 Å². The molecule has 1 saturated heterocycles. The monoisotopic (exact) mass is 240 g/mol. The van der Waals surface area contributed by atoms with Gasteiger partial charge in [-0.2, -0.15) is 0 Å². The average molecular weight is 240 g/mol. The van der Waals surface area contributed by atoms with E-state index in [4.69, 9.17) is 4.74 Å². The number of nitrogens with zero attached hydrogens (tertiary/aromatic N) is 1. The Balaban J connectivity index is 1.69. The predicted molar refractivity (Wildman–Crippen MR) is 71.3 cm³/mol. The van der Waals surface area contributed by atoms with Crippen LogP contribution in [0, 0.1) is 5.92 Å². The van der Waals surface area contributed by atoms with Crippen LogP contribution in [0.1, 0.15) is 39.0 Å². The van der Waals surface area contributed by atoms with E-state index in [2.05, 4.69) is 17.1 Å². The van der Waals surface area contributed by atoms with Gasteiger partial charge < -0.3 is 15.0 Å². The molecule has 2 unspecified atom stereocenters. The Labute approximate surface area is 106 Å². The Bertz CT molecular complexity index is 218. The van der Waals surface area contributed by atoms with Crippen LogP contribution >= 0.6 is 0 Å². The molecule has 17 heavy (non-hydrogen) atoms. The summed E-state index contributed by atoms with van der Waals surface area (Å²) >= 11 is 0. The van der Waals surface area contributed by atoms with E-state index in [0.717, 1.165) is 19.0 Å². The Morgan fingerprint density at radius 3 is 2.53 bits per heavy atom. The fraction of sp³-hybridized carbons (Fsp3) is 1.00. The molecule has 1 aliphatic heterocycles. The number of ether oxygens (including phenoxy) is 1. The van der Waals surface area contributed by atoms with Gasteiger partial charge in [0.05, 0.1) is 12.2 Å². The van der Waals surface area contributed by atoms with Crippen molar-refractivity contribution >= 4 is 0 Å². The molecule has 100 valence electrons. The summed E-state index contributed by atoms with van der Waals surface area (Å²) in [6.07, 6.45) is 7.58. The molecule has 0 bridgehead atoms. The molecule has 0 aromatic rings. The molecule has 1 aliphatic carbocycles. The van der Waals surface area contributed by atoms with Crippen LogP contribution in [-0.2, 0) is 4.74 Å². The molecule has 0 aromatic carbocycles. The van der Waals surface area contributed by atoms with Crippen LogP contribution < -0.4 is 5.32 Å². The molecule has 0 aromatic heterocycles. The van der Waals surface area contributed by atoms with Crippen molar-refractivity contribution in [1.82, 2.24) is 10.2 Å². The lowest BCUT2D eigenvalue weighted by molar-refractivity contribution is 0.0233. The van der Waals surface area contributed by atoms with Gasteiger partial charge >= 0.3 is 0 Å². The van der Waals surface area contributed by atoms with Crippen LogP contribution in [0.5, 0.6) is 0 Å². The zero-order chi connectivity index (χ0) is 12.1. The first-order valence-corrected chi connectivity index (χ1v) is 7.34. The highest BCUT2D eigenvalue weighted by molar-refractivity contribution is 4.81. The Hall–Kier alpha value is -0.120. The summed E-state index contributed by atoms with van der Waals surface area (Å²) in [5.74, 6) is 0.996. The first-order chi connectivity index (χ1) is 8.31. The highest BCUT2D eigenvalue weighted by Crippen LogP contribution is 2.30. The second kappa shape index (κ2) is 6.72. The number of rotatable bonds is 8. The molecule has 1 heterocycles. The maximum absolute atomic E-state index is 6.08. The van der Waals surface area contributed by atoms with Crippen LogP contribution in [0.2, 0.25) is 0 Å². The summed E-state index contributed by atoms with van der Waals surface area (Å²) in [6, 6.07) is 0. The van der Waals surface area contributed by atoms with Gasteiger partial charge in [0.2, 0.25) is 0 Å². The third kappa shape index (κ3) is 4.57. The van der Waals surface area contributed by atoms with Gasteiger partial charge in [0.25, 0.3) is 0 Å². The Morgan fingerprint density at radius 2 is 1.88 bits per heavy atom. The van der Waals surface area contributed by atoms with Crippen molar-refractivity contribution in [3.8, 4) is 0 Å². The van der Waals surface area contributed by atoms with E-state index in [9.17, 15) is 0 Å². The molecule has 3 heteroatoms. The van der Waals surface area contributed by atoms with Gasteiger partial charge in [0.1, 0.15) is 0 Å². The highest BCUT2D eigenvalue weighted by Gasteiger charge is 2.29. The van der Waals surface area contributed by atoms with Gasteiger partial charge in [-0.15, -0.1) is 0 Å². The summed E-state index contributed by atoms with van der Waals surface area (Å²) in [7, 11) is 2.01. The highest BCUT2D eigenvalue weighted by atomic mass is 16.5. The van der Waals surface area contributed by atoms with Gasteiger partial charge in [-0.1, -0.05) is 6.92 Å². The second-order valence-electron chi connectivity index (χ2n) is 5.72. The topological polar surface area (TPSA) is 24.5 Å². The standard InChI is InChI=1S/C14H28N2O/c1-3-8-16(10-12-4-5-12)11-14-7-6-13(17-14)9-15-2/h12-15H,3-11H2,1-2H3. The zero-order valence-corrected chi connectivity index (χ0v) is 11.5.